The maximum Gasteiger partial charge on any atom is 0.416 e. The average Bonchev–Trinajstić information content (AvgIpc) is 3.28. The largest absolute Gasteiger partial charge is 0.416 e. The first-order chi connectivity index (χ1) is 17.3. The third kappa shape index (κ3) is 4.56. The van der Waals surface area contributed by atoms with Crippen LogP contribution in [0.3, 0.4) is 0 Å². The van der Waals surface area contributed by atoms with E-state index in [1.165, 1.54) is 37.3 Å². The summed E-state index contributed by atoms with van der Waals surface area (Å²) in [5.41, 5.74) is -3.33. The van der Waals surface area contributed by atoms with Crippen molar-refractivity contribution in [3.05, 3.63) is 98.2 Å². The Labute approximate surface area is 211 Å². The first-order valence-corrected chi connectivity index (χ1v) is 12.6. The normalized spacial score (nSPS) is 11.9. The van der Waals surface area contributed by atoms with Crippen molar-refractivity contribution in [2.24, 2.45) is 7.05 Å². The SMILES string of the molecule is [C-]#[N+]c1ccc(-n2ncc(S(=O)(=O)Cl)c2-c2c(C)n(-c3cccc(C(F)(F)F)c3)c(=O)n(C)c2=O)cc1. The van der Waals surface area contributed by atoms with Gasteiger partial charge in [-0.3, -0.25) is 13.9 Å². The van der Waals surface area contributed by atoms with Crippen molar-refractivity contribution < 1.29 is 21.6 Å². The molecule has 2 aromatic heterocycles. The maximum atomic E-state index is 13.4. The second-order valence-electron chi connectivity index (χ2n) is 7.83. The minimum atomic E-state index is -4.70. The van der Waals surface area contributed by atoms with E-state index in [4.69, 9.17) is 17.3 Å². The van der Waals surface area contributed by atoms with Gasteiger partial charge in [0.05, 0.1) is 35.3 Å². The number of rotatable bonds is 4. The van der Waals surface area contributed by atoms with Gasteiger partial charge in [-0.05, 0) is 37.3 Å². The molecule has 0 N–H and O–H groups in total. The standard InChI is InChI=1S/C23H15ClF3N5O4S/c1-13-19(20-18(37(24,35)36)12-29-32(20)16-9-7-15(28-2)8-10-16)21(33)30(3)22(34)31(13)17-6-4-5-14(11-17)23(25,26)27/h4-12H,1,3H3. The predicted octanol–water partition coefficient (Wildman–Crippen LogP) is 4.19. The fourth-order valence-corrected chi connectivity index (χ4v) is 4.75. The van der Waals surface area contributed by atoms with Gasteiger partial charge >= 0.3 is 11.9 Å². The molecule has 0 aliphatic rings. The van der Waals surface area contributed by atoms with E-state index < -0.39 is 36.9 Å². The zero-order chi connectivity index (χ0) is 27.3. The molecule has 0 radical (unpaired) electrons. The molecule has 0 saturated carbocycles. The summed E-state index contributed by atoms with van der Waals surface area (Å²) in [7, 11) is 2.27. The molecule has 2 aromatic carbocycles. The fourth-order valence-electron chi connectivity index (χ4n) is 3.82. The van der Waals surface area contributed by atoms with Gasteiger partial charge in [0.2, 0.25) is 0 Å². The van der Waals surface area contributed by atoms with Gasteiger partial charge in [-0.2, -0.15) is 18.3 Å². The van der Waals surface area contributed by atoms with Gasteiger partial charge in [-0.25, -0.2) is 22.7 Å². The molecule has 4 rings (SSSR count). The summed E-state index contributed by atoms with van der Waals surface area (Å²) in [5.74, 6) is 0. The Morgan fingerprint density at radius 1 is 1.05 bits per heavy atom. The summed E-state index contributed by atoms with van der Waals surface area (Å²) in [4.78, 5) is 29.1. The lowest BCUT2D eigenvalue weighted by molar-refractivity contribution is -0.137. The highest BCUT2D eigenvalue weighted by molar-refractivity contribution is 8.13. The Bertz CT molecular complexity index is 1820. The molecule has 0 spiro atoms. The molecule has 9 nitrogen and oxygen atoms in total. The second kappa shape index (κ2) is 9.06. The van der Waals surface area contributed by atoms with Crippen LogP contribution in [0.1, 0.15) is 11.3 Å². The van der Waals surface area contributed by atoms with E-state index in [-0.39, 0.29) is 34.0 Å². The molecular weight excluding hydrogens is 535 g/mol. The smallest absolute Gasteiger partial charge is 0.268 e. The van der Waals surface area contributed by atoms with E-state index in [1.54, 1.807) is 0 Å². The van der Waals surface area contributed by atoms with Crippen molar-refractivity contribution in [3.8, 4) is 22.6 Å². The molecular formula is C23H15ClF3N5O4S. The van der Waals surface area contributed by atoms with Crippen LogP contribution in [0.25, 0.3) is 27.5 Å². The Kier molecular flexibility index (Phi) is 6.35. The lowest BCUT2D eigenvalue weighted by atomic mass is 10.1. The number of aromatic nitrogens is 4. The van der Waals surface area contributed by atoms with Crippen LogP contribution in [0.2, 0.25) is 0 Å². The number of alkyl halides is 3. The molecule has 0 saturated heterocycles. The molecule has 4 aromatic rings. The summed E-state index contributed by atoms with van der Waals surface area (Å²) >= 11 is 0. The number of halogens is 4. The highest BCUT2D eigenvalue weighted by Gasteiger charge is 2.32. The lowest BCUT2D eigenvalue weighted by Gasteiger charge is -2.18. The van der Waals surface area contributed by atoms with Crippen molar-refractivity contribution in [2.45, 2.75) is 18.0 Å². The molecule has 2 heterocycles. The van der Waals surface area contributed by atoms with Gasteiger partial charge in [0.15, 0.2) is 5.69 Å². The first kappa shape index (κ1) is 25.9. The minimum Gasteiger partial charge on any atom is -0.268 e. The van der Waals surface area contributed by atoms with Crippen molar-refractivity contribution in [3.63, 3.8) is 0 Å². The quantitative estimate of drug-likeness (QED) is 0.281. The van der Waals surface area contributed by atoms with E-state index in [0.29, 0.717) is 4.57 Å². The van der Waals surface area contributed by atoms with Gasteiger partial charge in [0.25, 0.3) is 14.6 Å². The highest BCUT2D eigenvalue weighted by Crippen LogP contribution is 2.34. The van der Waals surface area contributed by atoms with Crippen LogP contribution >= 0.6 is 10.7 Å². The Balaban J connectivity index is 2.12. The van der Waals surface area contributed by atoms with Crippen molar-refractivity contribution >= 4 is 25.4 Å². The van der Waals surface area contributed by atoms with Crippen LogP contribution in [0.15, 0.2) is 69.2 Å². The summed E-state index contributed by atoms with van der Waals surface area (Å²) < 4.78 is 67.5. The summed E-state index contributed by atoms with van der Waals surface area (Å²) in [6.45, 7) is 8.39. The topological polar surface area (TPSA) is 100 Å². The monoisotopic (exact) mass is 549 g/mol. The fraction of sp³-hybridized carbons (Fsp3) is 0.130. The predicted molar refractivity (Wildman–Crippen MR) is 129 cm³/mol. The molecule has 37 heavy (non-hydrogen) atoms. The van der Waals surface area contributed by atoms with E-state index in [1.807, 2.05) is 0 Å². The van der Waals surface area contributed by atoms with E-state index in [2.05, 4.69) is 9.94 Å². The van der Waals surface area contributed by atoms with E-state index >= 15 is 0 Å². The van der Waals surface area contributed by atoms with Crippen molar-refractivity contribution in [1.82, 2.24) is 18.9 Å². The maximum absolute atomic E-state index is 13.4. The van der Waals surface area contributed by atoms with Gasteiger partial charge in [0.1, 0.15) is 10.6 Å². The van der Waals surface area contributed by atoms with Crippen LogP contribution < -0.4 is 11.2 Å². The van der Waals surface area contributed by atoms with Gasteiger partial charge in [-0.1, -0.05) is 18.2 Å². The molecule has 0 bridgehead atoms. The van der Waals surface area contributed by atoms with Gasteiger partial charge < -0.3 is 0 Å². The van der Waals surface area contributed by atoms with Gasteiger partial charge in [0, 0.05) is 23.4 Å². The van der Waals surface area contributed by atoms with Crippen LogP contribution in [-0.4, -0.2) is 27.3 Å². The van der Waals surface area contributed by atoms with E-state index in [9.17, 15) is 31.2 Å². The average molecular weight is 550 g/mol. The van der Waals surface area contributed by atoms with E-state index in [0.717, 1.165) is 40.7 Å². The highest BCUT2D eigenvalue weighted by atomic mass is 35.7. The lowest BCUT2D eigenvalue weighted by Crippen LogP contribution is -2.40. The van der Waals surface area contributed by atoms with Crippen LogP contribution in [-0.2, 0) is 22.3 Å². The molecule has 0 fully saturated rings. The van der Waals surface area contributed by atoms with Crippen molar-refractivity contribution in [2.75, 3.05) is 0 Å². The first-order valence-electron chi connectivity index (χ1n) is 10.3. The Hall–Kier alpha value is -4.15. The zero-order valence-corrected chi connectivity index (χ0v) is 20.6. The third-order valence-electron chi connectivity index (χ3n) is 5.58. The number of hydrogen-bond donors (Lipinski definition) is 0. The Morgan fingerprint density at radius 2 is 1.70 bits per heavy atom. The van der Waals surface area contributed by atoms with Gasteiger partial charge in [-0.15, -0.1) is 0 Å². The number of benzene rings is 2. The van der Waals surface area contributed by atoms with Crippen LogP contribution in [0, 0.1) is 13.5 Å². The minimum absolute atomic E-state index is 0.145. The molecule has 0 aliphatic carbocycles. The molecule has 14 heteroatoms. The third-order valence-corrected chi connectivity index (χ3v) is 6.91. The Morgan fingerprint density at radius 3 is 2.27 bits per heavy atom. The van der Waals surface area contributed by atoms with Crippen molar-refractivity contribution in [1.29, 1.82) is 0 Å². The zero-order valence-electron chi connectivity index (χ0n) is 19.0. The number of hydrogen-bond acceptors (Lipinski definition) is 5. The molecule has 0 atom stereocenters. The number of nitrogens with zero attached hydrogens (tertiary/aromatic N) is 5. The molecule has 0 aliphatic heterocycles. The molecule has 0 amide bonds. The summed E-state index contributed by atoms with van der Waals surface area (Å²) in [6.07, 6.45) is -3.79. The van der Waals surface area contributed by atoms with Crippen LogP contribution in [0.5, 0.6) is 0 Å². The summed E-state index contributed by atoms with van der Waals surface area (Å²) in [5, 5.41) is 4.06. The molecule has 190 valence electrons. The summed E-state index contributed by atoms with van der Waals surface area (Å²) in [6, 6.07) is 9.71. The van der Waals surface area contributed by atoms with Crippen LogP contribution in [0.4, 0.5) is 18.9 Å². The second-order valence-corrected chi connectivity index (χ2v) is 10.4. The molecule has 0 unspecified atom stereocenters.